The van der Waals surface area contributed by atoms with Crippen LogP contribution in [-0.2, 0) is 6.54 Å². The van der Waals surface area contributed by atoms with E-state index in [1.54, 1.807) is 37.6 Å². The Kier molecular flexibility index (Phi) is 10.6. The van der Waals surface area contributed by atoms with E-state index in [-0.39, 0.29) is 29.7 Å². The van der Waals surface area contributed by atoms with Gasteiger partial charge in [-0.3, -0.25) is 9.98 Å². The highest BCUT2D eigenvalue weighted by Crippen LogP contribution is 2.24. The van der Waals surface area contributed by atoms with Gasteiger partial charge < -0.3 is 15.4 Å². The third kappa shape index (κ3) is 7.55. The van der Waals surface area contributed by atoms with Crippen LogP contribution in [0.4, 0.5) is 4.39 Å². The molecule has 1 heterocycles. The van der Waals surface area contributed by atoms with E-state index >= 15 is 0 Å². The lowest BCUT2D eigenvalue weighted by Gasteiger charge is -2.12. The van der Waals surface area contributed by atoms with Gasteiger partial charge in [0.15, 0.2) is 17.5 Å². The quantitative estimate of drug-likeness (QED) is 0.257. The van der Waals surface area contributed by atoms with Crippen molar-refractivity contribution in [3.63, 3.8) is 0 Å². The molecule has 0 bridgehead atoms. The van der Waals surface area contributed by atoms with Gasteiger partial charge in [0, 0.05) is 26.3 Å². The Balaban J connectivity index is 0.00000338. The van der Waals surface area contributed by atoms with E-state index in [4.69, 9.17) is 4.74 Å². The number of hydrogen-bond donors (Lipinski definition) is 2. The molecule has 0 atom stereocenters. The number of guanidine groups is 1. The van der Waals surface area contributed by atoms with Gasteiger partial charge in [0.05, 0.1) is 6.20 Å². The van der Waals surface area contributed by atoms with Crippen LogP contribution >= 0.6 is 24.0 Å². The molecule has 5 nitrogen and oxygen atoms in total. The summed E-state index contributed by atoms with van der Waals surface area (Å²) in [6.45, 7) is 3.53. The molecule has 26 heavy (non-hydrogen) atoms. The zero-order valence-electron chi connectivity index (χ0n) is 15.2. The van der Waals surface area contributed by atoms with Crippen LogP contribution in [0.5, 0.6) is 11.5 Å². The van der Waals surface area contributed by atoms with Crippen LogP contribution in [0.15, 0.2) is 47.7 Å². The Morgan fingerprint density at radius 3 is 2.73 bits per heavy atom. The summed E-state index contributed by atoms with van der Waals surface area (Å²) in [6, 6.07) is 8.38. The van der Waals surface area contributed by atoms with Gasteiger partial charge >= 0.3 is 0 Å². The summed E-state index contributed by atoms with van der Waals surface area (Å²) in [5, 5.41) is 6.43. The maximum Gasteiger partial charge on any atom is 0.191 e. The molecule has 2 N–H and O–H groups in total. The zero-order valence-corrected chi connectivity index (χ0v) is 17.5. The standard InChI is InChI=1S/C19H25FN4O.HI/c1-3-4-5-11-23-19(21-2)24-13-15-8-9-18(17(20)12-15)25-16-7-6-10-22-14-16;/h6-10,12,14H,3-5,11,13H2,1-2H3,(H2,21,23,24);1H. The van der Waals surface area contributed by atoms with Crippen LogP contribution in [0.25, 0.3) is 0 Å². The highest BCUT2D eigenvalue weighted by atomic mass is 127. The normalized spacial score (nSPS) is 10.8. The van der Waals surface area contributed by atoms with Crippen LogP contribution in [0, 0.1) is 5.82 Å². The maximum atomic E-state index is 14.2. The van der Waals surface area contributed by atoms with Gasteiger partial charge in [0.2, 0.25) is 0 Å². The van der Waals surface area contributed by atoms with Crippen molar-refractivity contribution < 1.29 is 9.13 Å². The average molecular weight is 472 g/mol. The number of aliphatic imine (C=N–C) groups is 1. The van der Waals surface area contributed by atoms with Crippen molar-refractivity contribution in [2.75, 3.05) is 13.6 Å². The largest absolute Gasteiger partial charge is 0.453 e. The van der Waals surface area contributed by atoms with Crippen molar-refractivity contribution in [3.8, 4) is 11.5 Å². The average Bonchev–Trinajstić information content (AvgIpc) is 2.64. The first-order valence-corrected chi connectivity index (χ1v) is 8.53. The molecular weight excluding hydrogens is 446 g/mol. The van der Waals surface area contributed by atoms with Crippen molar-refractivity contribution >= 4 is 29.9 Å². The van der Waals surface area contributed by atoms with E-state index < -0.39 is 5.82 Å². The fourth-order valence-corrected chi connectivity index (χ4v) is 2.26. The van der Waals surface area contributed by atoms with Gasteiger partial charge in [-0.15, -0.1) is 24.0 Å². The van der Waals surface area contributed by atoms with Crippen LogP contribution in [0.1, 0.15) is 31.7 Å². The Bertz CT molecular complexity index is 682. The number of ether oxygens (including phenoxy) is 1. The molecular formula is C19H26FIN4O. The smallest absolute Gasteiger partial charge is 0.191 e. The molecule has 0 aliphatic rings. The molecule has 142 valence electrons. The first-order chi connectivity index (χ1) is 12.2. The molecule has 0 spiro atoms. The van der Waals surface area contributed by atoms with Gasteiger partial charge in [-0.05, 0) is 36.2 Å². The third-order valence-electron chi connectivity index (χ3n) is 3.61. The molecule has 2 rings (SSSR count). The third-order valence-corrected chi connectivity index (χ3v) is 3.61. The van der Waals surface area contributed by atoms with E-state index in [0.29, 0.717) is 18.3 Å². The lowest BCUT2D eigenvalue weighted by atomic mass is 10.2. The molecule has 2 aromatic rings. The van der Waals surface area contributed by atoms with Crippen molar-refractivity contribution in [2.24, 2.45) is 4.99 Å². The number of aromatic nitrogens is 1. The number of benzene rings is 1. The maximum absolute atomic E-state index is 14.2. The van der Waals surface area contributed by atoms with Gasteiger partial charge in [0.25, 0.3) is 0 Å². The first-order valence-electron chi connectivity index (χ1n) is 8.53. The summed E-state index contributed by atoms with van der Waals surface area (Å²) in [5.74, 6) is 0.990. The second kappa shape index (κ2) is 12.5. The highest BCUT2D eigenvalue weighted by Gasteiger charge is 2.07. The molecule has 0 amide bonds. The molecule has 0 aliphatic heterocycles. The fraction of sp³-hybridized carbons (Fsp3) is 0.368. The van der Waals surface area contributed by atoms with Gasteiger partial charge in [-0.25, -0.2) is 4.39 Å². The lowest BCUT2D eigenvalue weighted by molar-refractivity contribution is 0.440. The van der Waals surface area contributed by atoms with E-state index in [1.807, 2.05) is 6.07 Å². The molecule has 1 aromatic heterocycles. The molecule has 0 saturated heterocycles. The van der Waals surface area contributed by atoms with Crippen molar-refractivity contribution in [3.05, 3.63) is 54.1 Å². The number of rotatable bonds is 8. The van der Waals surface area contributed by atoms with E-state index in [2.05, 4.69) is 27.5 Å². The second-order valence-electron chi connectivity index (χ2n) is 5.62. The Morgan fingerprint density at radius 1 is 1.23 bits per heavy atom. The summed E-state index contributed by atoms with van der Waals surface area (Å²) in [6.07, 6.45) is 6.66. The van der Waals surface area contributed by atoms with Crippen LogP contribution in [0.2, 0.25) is 0 Å². The van der Waals surface area contributed by atoms with E-state index in [1.165, 1.54) is 18.9 Å². The first kappa shape index (κ1) is 22.1. The molecule has 7 heteroatoms. The summed E-state index contributed by atoms with van der Waals surface area (Å²) in [7, 11) is 1.72. The second-order valence-corrected chi connectivity index (χ2v) is 5.62. The number of halogens is 2. The number of nitrogens with one attached hydrogen (secondary N) is 2. The molecule has 0 aliphatic carbocycles. The Morgan fingerprint density at radius 2 is 2.08 bits per heavy atom. The minimum atomic E-state index is -0.408. The predicted octanol–water partition coefficient (Wildman–Crippen LogP) is 4.49. The Labute approximate surface area is 171 Å². The molecule has 0 radical (unpaired) electrons. The summed E-state index contributed by atoms with van der Waals surface area (Å²) >= 11 is 0. The number of hydrogen-bond acceptors (Lipinski definition) is 3. The van der Waals surface area contributed by atoms with Gasteiger partial charge in [0.1, 0.15) is 5.75 Å². The summed E-state index contributed by atoms with van der Waals surface area (Å²) in [4.78, 5) is 8.11. The van der Waals surface area contributed by atoms with Gasteiger partial charge in [-0.2, -0.15) is 0 Å². The monoisotopic (exact) mass is 472 g/mol. The van der Waals surface area contributed by atoms with E-state index in [9.17, 15) is 4.39 Å². The molecule has 1 aromatic carbocycles. The topological polar surface area (TPSA) is 58.5 Å². The van der Waals surface area contributed by atoms with Crippen LogP contribution < -0.4 is 15.4 Å². The van der Waals surface area contributed by atoms with Crippen LogP contribution in [0.3, 0.4) is 0 Å². The number of unbranched alkanes of at least 4 members (excludes halogenated alkanes) is 2. The minimum Gasteiger partial charge on any atom is -0.453 e. The molecule has 0 unspecified atom stereocenters. The number of pyridine rings is 1. The Hall–Kier alpha value is -1.90. The predicted molar refractivity (Wildman–Crippen MR) is 114 cm³/mol. The van der Waals surface area contributed by atoms with Crippen molar-refractivity contribution in [2.45, 2.75) is 32.7 Å². The summed E-state index contributed by atoms with van der Waals surface area (Å²) in [5.41, 5.74) is 0.813. The van der Waals surface area contributed by atoms with Crippen LogP contribution in [-0.4, -0.2) is 24.5 Å². The number of nitrogens with zero attached hydrogens (tertiary/aromatic N) is 2. The SMILES string of the molecule is CCCCCNC(=NC)NCc1ccc(Oc2cccnc2)c(F)c1.I. The minimum absolute atomic E-state index is 0. The van der Waals surface area contributed by atoms with Crippen molar-refractivity contribution in [1.29, 1.82) is 0 Å². The lowest BCUT2D eigenvalue weighted by Crippen LogP contribution is -2.37. The zero-order chi connectivity index (χ0) is 17.9. The summed E-state index contributed by atoms with van der Waals surface area (Å²) < 4.78 is 19.7. The molecule has 0 fully saturated rings. The van der Waals surface area contributed by atoms with E-state index in [0.717, 1.165) is 18.5 Å². The fourth-order valence-electron chi connectivity index (χ4n) is 2.26. The molecule has 0 saturated carbocycles. The highest BCUT2D eigenvalue weighted by molar-refractivity contribution is 14.0. The van der Waals surface area contributed by atoms with Gasteiger partial charge in [-0.1, -0.05) is 25.8 Å². The van der Waals surface area contributed by atoms with Crippen molar-refractivity contribution in [1.82, 2.24) is 15.6 Å².